The molecule has 1 fully saturated rings. The molecule has 3 heteroatoms. The first-order valence-corrected chi connectivity index (χ1v) is 5.48. The van der Waals surface area contributed by atoms with Crippen LogP contribution in [-0.4, -0.2) is 29.7 Å². The average Bonchev–Trinajstić information content (AvgIpc) is 2.43. The smallest absolute Gasteiger partial charge is 0.0483 e. The molecular weight excluding hydrogens is 182 g/mol. The van der Waals surface area contributed by atoms with Crippen molar-refractivity contribution in [3.8, 4) is 0 Å². The Bertz CT molecular complexity index is 278. The van der Waals surface area contributed by atoms with Gasteiger partial charge in [0.2, 0.25) is 0 Å². The van der Waals surface area contributed by atoms with Crippen LogP contribution in [0, 0.1) is 12.8 Å². The second-order valence-electron chi connectivity index (χ2n) is 3.76. The van der Waals surface area contributed by atoms with Crippen molar-refractivity contribution in [1.82, 2.24) is 4.90 Å². The van der Waals surface area contributed by atoms with Crippen LogP contribution in [0.1, 0.15) is 9.75 Å². The van der Waals surface area contributed by atoms with Crippen LogP contribution in [0.2, 0.25) is 0 Å². The van der Waals surface area contributed by atoms with Crippen LogP contribution in [-0.2, 0) is 6.54 Å². The molecule has 0 unspecified atom stereocenters. The zero-order valence-electron chi connectivity index (χ0n) is 7.86. The molecule has 1 saturated heterocycles. The molecule has 0 saturated carbocycles. The first kappa shape index (κ1) is 9.19. The van der Waals surface area contributed by atoms with Crippen LogP contribution in [0.25, 0.3) is 0 Å². The normalized spacial score (nSPS) is 18.9. The molecule has 2 nitrogen and oxygen atoms in total. The highest BCUT2D eigenvalue weighted by Gasteiger charge is 2.25. The van der Waals surface area contributed by atoms with E-state index in [1.807, 2.05) is 11.3 Å². The summed E-state index contributed by atoms with van der Waals surface area (Å²) in [5, 5.41) is 8.85. The van der Waals surface area contributed by atoms with Crippen LogP contribution in [0.5, 0.6) is 0 Å². The number of aliphatic hydroxyl groups excluding tert-OH is 1. The summed E-state index contributed by atoms with van der Waals surface area (Å²) >= 11 is 1.87. The zero-order valence-corrected chi connectivity index (χ0v) is 8.68. The van der Waals surface area contributed by atoms with E-state index in [1.54, 1.807) is 0 Å². The maximum Gasteiger partial charge on any atom is 0.0483 e. The highest BCUT2D eigenvalue weighted by atomic mass is 32.1. The number of thiophene rings is 1. The van der Waals surface area contributed by atoms with Crippen molar-refractivity contribution in [3.63, 3.8) is 0 Å². The summed E-state index contributed by atoms with van der Waals surface area (Å²) in [6.45, 7) is 5.68. The topological polar surface area (TPSA) is 23.5 Å². The van der Waals surface area contributed by atoms with Crippen LogP contribution < -0.4 is 0 Å². The second-order valence-corrected chi connectivity index (χ2v) is 5.13. The van der Waals surface area contributed by atoms with Crippen LogP contribution in [0.15, 0.2) is 12.1 Å². The van der Waals surface area contributed by atoms with E-state index in [9.17, 15) is 0 Å². The molecular formula is C10H15NOS. The number of hydrogen-bond acceptors (Lipinski definition) is 3. The van der Waals surface area contributed by atoms with E-state index < -0.39 is 0 Å². The van der Waals surface area contributed by atoms with Gasteiger partial charge in [-0.05, 0) is 19.1 Å². The molecule has 0 atom stereocenters. The van der Waals surface area contributed by atoms with E-state index in [0.29, 0.717) is 12.5 Å². The largest absolute Gasteiger partial charge is 0.396 e. The van der Waals surface area contributed by atoms with Gasteiger partial charge in [-0.2, -0.15) is 0 Å². The number of aliphatic hydroxyl groups is 1. The van der Waals surface area contributed by atoms with Crippen LogP contribution in [0.3, 0.4) is 0 Å². The molecule has 0 aliphatic carbocycles. The van der Waals surface area contributed by atoms with E-state index >= 15 is 0 Å². The van der Waals surface area contributed by atoms with Gasteiger partial charge >= 0.3 is 0 Å². The molecule has 1 N–H and O–H groups in total. The van der Waals surface area contributed by atoms with E-state index in [0.717, 1.165) is 19.6 Å². The molecule has 0 aromatic carbocycles. The fourth-order valence-corrected chi connectivity index (χ4v) is 2.64. The van der Waals surface area contributed by atoms with Gasteiger partial charge in [0.1, 0.15) is 0 Å². The van der Waals surface area contributed by atoms with Crippen molar-refractivity contribution in [2.75, 3.05) is 19.7 Å². The minimum atomic E-state index is 0.347. The summed E-state index contributed by atoms with van der Waals surface area (Å²) < 4.78 is 0. The van der Waals surface area contributed by atoms with Crippen molar-refractivity contribution in [2.45, 2.75) is 13.5 Å². The SMILES string of the molecule is Cc1ccc(CN2CC(CO)C2)s1. The van der Waals surface area contributed by atoms with Crippen molar-refractivity contribution in [2.24, 2.45) is 5.92 Å². The monoisotopic (exact) mass is 197 g/mol. The standard InChI is InChI=1S/C10H15NOS/c1-8-2-3-10(13-8)6-11-4-9(5-11)7-12/h2-3,9,12H,4-7H2,1H3. The molecule has 0 radical (unpaired) electrons. The molecule has 1 aromatic rings. The Morgan fingerprint density at radius 3 is 2.85 bits per heavy atom. The van der Waals surface area contributed by atoms with Gasteiger partial charge in [0.15, 0.2) is 0 Å². The van der Waals surface area contributed by atoms with Gasteiger partial charge in [0, 0.05) is 41.9 Å². The molecule has 0 spiro atoms. The molecule has 2 rings (SSSR count). The Morgan fingerprint density at radius 1 is 1.54 bits per heavy atom. The van der Waals surface area contributed by atoms with E-state index in [2.05, 4.69) is 24.0 Å². The molecule has 1 aromatic heterocycles. The summed E-state index contributed by atoms with van der Waals surface area (Å²) in [5.41, 5.74) is 0. The highest BCUT2D eigenvalue weighted by Crippen LogP contribution is 2.22. The molecule has 0 amide bonds. The number of likely N-dealkylation sites (tertiary alicyclic amines) is 1. The van der Waals surface area contributed by atoms with E-state index in [1.165, 1.54) is 9.75 Å². The highest BCUT2D eigenvalue weighted by molar-refractivity contribution is 7.11. The van der Waals surface area contributed by atoms with Gasteiger partial charge in [0.25, 0.3) is 0 Å². The lowest BCUT2D eigenvalue weighted by atomic mass is 10.0. The predicted molar refractivity (Wildman–Crippen MR) is 54.9 cm³/mol. The summed E-state index contributed by atoms with van der Waals surface area (Å²) in [4.78, 5) is 5.20. The quantitative estimate of drug-likeness (QED) is 0.793. The summed E-state index contributed by atoms with van der Waals surface area (Å²) in [7, 11) is 0. The van der Waals surface area contributed by atoms with Crippen molar-refractivity contribution in [3.05, 3.63) is 21.9 Å². The van der Waals surface area contributed by atoms with Gasteiger partial charge in [0.05, 0.1) is 0 Å². The van der Waals surface area contributed by atoms with Crippen LogP contribution >= 0.6 is 11.3 Å². The Kier molecular flexibility index (Phi) is 2.67. The third-order valence-corrected chi connectivity index (χ3v) is 3.45. The maximum absolute atomic E-state index is 8.85. The Labute approximate surface area is 82.8 Å². The minimum absolute atomic E-state index is 0.347. The van der Waals surface area contributed by atoms with Crippen molar-refractivity contribution < 1.29 is 5.11 Å². The molecule has 2 heterocycles. The Morgan fingerprint density at radius 2 is 2.31 bits per heavy atom. The molecule has 72 valence electrons. The Balaban J connectivity index is 1.81. The number of aryl methyl sites for hydroxylation is 1. The van der Waals surface area contributed by atoms with Gasteiger partial charge in [-0.25, -0.2) is 0 Å². The summed E-state index contributed by atoms with van der Waals surface area (Å²) in [6.07, 6.45) is 0. The number of hydrogen-bond donors (Lipinski definition) is 1. The first-order chi connectivity index (χ1) is 6.28. The maximum atomic E-state index is 8.85. The lowest BCUT2D eigenvalue weighted by molar-refractivity contribution is 0.0487. The van der Waals surface area contributed by atoms with Gasteiger partial charge in [-0.15, -0.1) is 11.3 Å². The van der Waals surface area contributed by atoms with Gasteiger partial charge in [-0.1, -0.05) is 0 Å². The first-order valence-electron chi connectivity index (χ1n) is 4.66. The van der Waals surface area contributed by atoms with E-state index in [4.69, 9.17) is 5.11 Å². The Hall–Kier alpha value is -0.380. The van der Waals surface area contributed by atoms with E-state index in [-0.39, 0.29) is 0 Å². The molecule has 1 aliphatic rings. The fraction of sp³-hybridized carbons (Fsp3) is 0.600. The summed E-state index contributed by atoms with van der Waals surface area (Å²) in [6, 6.07) is 4.37. The molecule has 13 heavy (non-hydrogen) atoms. The number of nitrogens with zero attached hydrogens (tertiary/aromatic N) is 1. The third-order valence-electron chi connectivity index (χ3n) is 2.47. The second kappa shape index (κ2) is 3.78. The molecule has 1 aliphatic heterocycles. The number of rotatable bonds is 3. The lowest BCUT2D eigenvalue weighted by Gasteiger charge is -2.37. The van der Waals surface area contributed by atoms with Crippen molar-refractivity contribution in [1.29, 1.82) is 0 Å². The predicted octanol–water partition coefficient (Wildman–Crippen LogP) is 1.48. The average molecular weight is 197 g/mol. The molecule has 0 bridgehead atoms. The van der Waals surface area contributed by atoms with Gasteiger partial charge < -0.3 is 5.11 Å². The zero-order chi connectivity index (χ0) is 9.26. The third kappa shape index (κ3) is 2.10. The fourth-order valence-electron chi connectivity index (χ4n) is 1.71. The van der Waals surface area contributed by atoms with Crippen molar-refractivity contribution >= 4 is 11.3 Å². The van der Waals surface area contributed by atoms with Crippen LogP contribution in [0.4, 0.5) is 0 Å². The lowest BCUT2D eigenvalue weighted by Crippen LogP contribution is -2.47. The van der Waals surface area contributed by atoms with Gasteiger partial charge in [-0.3, -0.25) is 4.90 Å². The summed E-state index contributed by atoms with van der Waals surface area (Å²) in [5.74, 6) is 0.529. The minimum Gasteiger partial charge on any atom is -0.396 e.